The minimum atomic E-state index is -0.0323. The molecule has 1 heterocycles. The number of ether oxygens (including phenoxy) is 1. The summed E-state index contributed by atoms with van der Waals surface area (Å²) >= 11 is 0. The van der Waals surface area contributed by atoms with Crippen molar-refractivity contribution in [2.75, 3.05) is 7.11 Å². The van der Waals surface area contributed by atoms with Crippen molar-refractivity contribution < 1.29 is 9.53 Å². The number of rotatable bonds is 8. The number of hydrogen-bond donors (Lipinski definition) is 1. The Morgan fingerprint density at radius 3 is 2.39 bits per heavy atom. The lowest BCUT2D eigenvalue weighted by molar-refractivity contribution is -0.121. The van der Waals surface area contributed by atoms with Crippen LogP contribution in [0.1, 0.15) is 49.2 Å². The molecule has 0 radical (unpaired) electrons. The van der Waals surface area contributed by atoms with Gasteiger partial charge in [0.25, 0.3) is 0 Å². The molecule has 1 atom stereocenters. The predicted octanol–water partition coefficient (Wildman–Crippen LogP) is 3.71. The van der Waals surface area contributed by atoms with Gasteiger partial charge in [0.05, 0.1) is 13.7 Å². The fraction of sp³-hybridized carbons (Fsp3) is 0.318. The lowest BCUT2D eigenvalue weighted by Crippen LogP contribution is -2.26. The Morgan fingerprint density at radius 1 is 1.07 bits per heavy atom. The Labute approximate surface area is 165 Å². The maximum atomic E-state index is 12.7. The molecule has 0 saturated heterocycles. The van der Waals surface area contributed by atoms with Crippen LogP contribution in [0.2, 0.25) is 0 Å². The number of amides is 1. The number of methoxy groups -OCH3 is 1. The molecule has 3 rings (SSSR count). The van der Waals surface area contributed by atoms with Crippen molar-refractivity contribution in [3.05, 3.63) is 77.9 Å². The largest absolute Gasteiger partial charge is 0.497 e. The molecule has 28 heavy (non-hydrogen) atoms. The highest BCUT2D eigenvalue weighted by Crippen LogP contribution is 2.29. The van der Waals surface area contributed by atoms with E-state index in [1.165, 1.54) is 0 Å². The first-order valence-corrected chi connectivity index (χ1v) is 9.42. The molecule has 0 spiro atoms. The highest BCUT2D eigenvalue weighted by molar-refractivity contribution is 5.77. The van der Waals surface area contributed by atoms with E-state index in [0.29, 0.717) is 13.0 Å². The number of aromatic nitrogens is 3. The van der Waals surface area contributed by atoms with Crippen molar-refractivity contribution in [3.63, 3.8) is 0 Å². The Hall–Kier alpha value is -3.15. The highest BCUT2D eigenvalue weighted by Gasteiger charge is 2.19. The molecule has 1 amide bonds. The molecule has 6 nitrogen and oxygen atoms in total. The van der Waals surface area contributed by atoms with Gasteiger partial charge in [-0.3, -0.25) is 4.79 Å². The summed E-state index contributed by atoms with van der Waals surface area (Å²) in [5.41, 5.74) is 2.18. The van der Waals surface area contributed by atoms with Crippen LogP contribution < -0.4 is 10.1 Å². The first-order chi connectivity index (χ1) is 13.6. The molecule has 0 aliphatic carbocycles. The second-order valence-electron chi connectivity index (χ2n) is 6.97. The van der Waals surface area contributed by atoms with Gasteiger partial charge < -0.3 is 14.6 Å². The average Bonchev–Trinajstić information content (AvgIpc) is 3.20. The smallest absolute Gasteiger partial charge is 0.221 e. The minimum absolute atomic E-state index is 0.0250. The average molecular weight is 378 g/mol. The van der Waals surface area contributed by atoms with Gasteiger partial charge in [0.1, 0.15) is 12.1 Å². The molecular formula is C22H26N4O2. The molecule has 3 aromatic rings. The monoisotopic (exact) mass is 378 g/mol. The second-order valence-corrected chi connectivity index (χ2v) is 6.97. The van der Waals surface area contributed by atoms with Crippen LogP contribution in [0.15, 0.2) is 60.9 Å². The summed E-state index contributed by atoms with van der Waals surface area (Å²) in [5, 5.41) is 11.0. The molecule has 2 aromatic carbocycles. The van der Waals surface area contributed by atoms with Crippen molar-refractivity contribution in [2.45, 2.75) is 38.8 Å². The zero-order valence-electron chi connectivity index (χ0n) is 16.5. The highest BCUT2D eigenvalue weighted by atomic mass is 16.5. The molecule has 146 valence electrons. The van der Waals surface area contributed by atoms with E-state index in [4.69, 9.17) is 4.74 Å². The van der Waals surface area contributed by atoms with Gasteiger partial charge in [-0.2, -0.15) is 0 Å². The molecule has 0 saturated carbocycles. The van der Waals surface area contributed by atoms with Crippen molar-refractivity contribution >= 4 is 5.91 Å². The van der Waals surface area contributed by atoms with Crippen LogP contribution in [-0.4, -0.2) is 27.8 Å². The Balaban J connectivity index is 1.73. The quantitative estimate of drug-likeness (QED) is 0.649. The summed E-state index contributed by atoms with van der Waals surface area (Å²) < 4.78 is 7.21. The lowest BCUT2D eigenvalue weighted by Gasteiger charge is -2.18. The number of carbonyl (C=O) groups excluding carboxylic acids is 1. The van der Waals surface area contributed by atoms with Gasteiger partial charge in [0, 0.05) is 18.4 Å². The molecule has 0 fully saturated rings. The van der Waals surface area contributed by atoms with Gasteiger partial charge in [-0.15, -0.1) is 10.2 Å². The van der Waals surface area contributed by atoms with E-state index in [0.717, 1.165) is 22.7 Å². The maximum absolute atomic E-state index is 12.7. The van der Waals surface area contributed by atoms with E-state index in [1.54, 1.807) is 13.4 Å². The summed E-state index contributed by atoms with van der Waals surface area (Å²) in [5.74, 6) is 1.50. The molecule has 0 bridgehead atoms. The summed E-state index contributed by atoms with van der Waals surface area (Å²) in [7, 11) is 1.65. The van der Waals surface area contributed by atoms with Gasteiger partial charge in [0.2, 0.25) is 5.91 Å². The second kappa shape index (κ2) is 9.17. The summed E-state index contributed by atoms with van der Waals surface area (Å²) in [4.78, 5) is 12.7. The van der Waals surface area contributed by atoms with Gasteiger partial charge in [-0.1, -0.05) is 42.5 Å². The van der Waals surface area contributed by atoms with Crippen molar-refractivity contribution in [1.29, 1.82) is 0 Å². The first-order valence-electron chi connectivity index (χ1n) is 9.42. The number of hydrogen-bond acceptors (Lipinski definition) is 4. The zero-order chi connectivity index (χ0) is 19.9. The summed E-state index contributed by atoms with van der Waals surface area (Å²) in [6.07, 6.45) is 2.04. The van der Waals surface area contributed by atoms with Crippen LogP contribution in [0, 0.1) is 0 Å². The molecule has 6 heteroatoms. The molecular weight excluding hydrogens is 352 g/mol. The third-order valence-electron chi connectivity index (χ3n) is 4.76. The number of nitrogens with zero attached hydrogens (tertiary/aromatic N) is 3. The van der Waals surface area contributed by atoms with Crippen LogP contribution in [0.5, 0.6) is 5.75 Å². The van der Waals surface area contributed by atoms with Gasteiger partial charge in [-0.25, -0.2) is 0 Å². The van der Waals surface area contributed by atoms with Gasteiger partial charge >= 0.3 is 0 Å². The Bertz CT molecular complexity index is 888. The van der Waals surface area contributed by atoms with Gasteiger partial charge in [-0.05, 0) is 37.1 Å². The van der Waals surface area contributed by atoms with Crippen LogP contribution in [0.4, 0.5) is 0 Å². The van der Waals surface area contributed by atoms with Crippen molar-refractivity contribution in [3.8, 4) is 5.75 Å². The van der Waals surface area contributed by atoms with Crippen LogP contribution >= 0.6 is 0 Å². The number of carbonyl (C=O) groups is 1. The summed E-state index contributed by atoms with van der Waals surface area (Å²) in [6.45, 7) is 4.48. The number of benzene rings is 2. The van der Waals surface area contributed by atoms with E-state index in [2.05, 4.69) is 41.5 Å². The van der Waals surface area contributed by atoms with E-state index in [9.17, 15) is 4.79 Å². The Morgan fingerprint density at radius 2 is 1.75 bits per heavy atom. The van der Waals surface area contributed by atoms with E-state index >= 15 is 0 Å². The Kier molecular flexibility index (Phi) is 6.42. The molecule has 0 unspecified atom stereocenters. The fourth-order valence-corrected chi connectivity index (χ4v) is 3.21. The molecule has 1 aromatic heterocycles. The van der Waals surface area contributed by atoms with Crippen molar-refractivity contribution in [2.24, 2.45) is 0 Å². The maximum Gasteiger partial charge on any atom is 0.221 e. The third kappa shape index (κ3) is 4.76. The van der Waals surface area contributed by atoms with E-state index in [1.807, 2.05) is 47.0 Å². The first kappa shape index (κ1) is 19.6. The van der Waals surface area contributed by atoms with E-state index < -0.39 is 0 Å². The molecule has 0 aliphatic heterocycles. The topological polar surface area (TPSA) is 69.0 Å². The lowest BCUT2D eigenvalue weighted by atomic mass is 9.88. The third-order valence-corrected chi connectivity index (χ3v) is 4.76. The minimum Gasteiger partial charge on any atom is -0.497 e. The van der Waals surface area contributed by atoms with Crippen LogP contribution in [0.3, 0.4) is 0 Å². The van der Waals surface area contributed by atoms with Gasteiger partial charge in [0.15, 0.2) is 5.82 Å². The molecule has 1 N–H and O–H groups in total. The fourth-order valence-electron chi connectivity index (χ4n) is 3.21. The van der Waals surface area contributed by atoms with Crippen molar-refractivity contribution in [1.82, 2.24) is 20.1 Å². The normalized spacial score (nSPS) is 12.0. The van der Waals surface area contributed by atoms with Crippen LogP contribution in [0.25, 0.3) is 0 Å². The zero-order valence-corrected chi connectivity index (χ0v) is 16.5. The van der Waals surface area contributed by atoms with E-state index in [-0.39, 0.29) is 17.9 Å². The SMILES string of the molecule is COc1ccc([C@@H](CC(=O)NCc2nncn2C(C)C)c2ccccc2)cc1. The van der Waals surface area contributed by atoms with Crippen LogP contribution in [-0.2, 0) is 11.3 Å². The predicted molar refractivity (Wildman–Crippen MR) is 108 cm³/mol. The number of nitrogens with one attached hydrogen (secondary N) is 1. The molecule has 0 aliphatic rings. The standard InChI is InChI=1S/C22H26N4O2/c1-16(2)26-15-24-25-21(26)14-23-22(27)13-20(17-7-5-4-6-8-17)18-9-11-19(28-3)12-10-18/h4-12,15-16,20H,13-14H2,1-3H3,(H,23,27)/t20-/m0/s1. The summed E-state index contributed by atoms with van der Waals surface area (Å²) in [6, 6.07) is 18.2.